The Bertz CT molecular complexity index is 256. The normalized spacial score (nSPS) is 12.5. The monoisotopic (exact) mass is 181 g/mol. The van der Waals surface area contributed by atoms with Crippen LogP contribution in [-0.2, 0) is 11.3 Å². The lowest BCUT2D eigenvalue weighted by molar-refractivity contribution is -0.124. The Balaban J connectivity index is 2.31. The smallest absolute Gasteiger partial charge is 0.223 e. The number of imidazole rings is 1. The predicted octanol–water partition coefficient (Wildman–Crippen LogP) is 1.07. The number of rotatable bonds is 4. The first-order chi connectivity index (χ1) is 6.24. The molecule has 1 unspecified atom stereocenters. The van der Waals surface area contributed by atoms with E-state index in [1.54, 1.807) is 12.4 Å². The summed E-state index contributed by atoms with van der Waals surface area (Å²) in [5.41, 5.74) is 0. The molecule has 4 heteroatoms. The summed E-state index contributed by atoms with van der Waals surface area (Å²) in [6.45, 7) is 4.39. The van der Waals surface area contributed by atoms with Gasteiger partial charge in [-0.05, 0) is 6.42 Å². The lowest BCUT2D eigenvalue weighted by atomic mass is 10.1. The second-order valence-electron chi connectivity index (χ2n) is 3.06. The molecule has 1 amide bonds. The van der Waals surface area contributed by atoms with Crippen LogP contribution in [0.2, 0.25) is 0 Å². The van der Waals surface area contributed by atoms with Crippen molar-refractivity contribution < 1.29 is 4.79 Å². The largest absolute Gasteiger partial charge is 0.349 e. The van der Waals surface area contributed by atoms with E-state index in [0.717, 1.165) is 12.2 Å². The number of hydrogen-bond donors (Lipinski definition) is 2. The van der Waals surface area contributed by atoms with Gasteiger partial charge in [-0.15, -0.1) is 0 Å². The molecule has 72 valence electrons. The number of carbonyl (C=O) groups excluding carboxylic acids is 1. The van der Waals surface area contributed by atoms with Gasteiger partial charge in [0.05, 0.1) is 6.54 Å². The molecule has 13 heavy (non-hydrogen) atoms. The third kappa shape index (κ3) is 2.89. The Hall–Kier alpha value is -1.32. The highest BCUT2D eigenvalue weighted by molar-refractivity contribution is 5.78. The lowest BCUT2D eigenvalue weighted by Gasteiger charge is -2.07. The van der Waals surface area contributed by atoms with Gasteiger partial charge in [0.2, 0.25) is 5.91 Å². The van der Waals surface area contributed by atoms with Crippen LogP contribution in [0, 0.1) is 5.92 Å². The van der Waals surface area contributed by atoms with Crippen LogP contribution in [0.1, 0.15) is 26.1 Å². The van der Waals surface area contributed by atoms with Crippen molar-refractivity contribution in [2.75, 3.05) is 0 Å². The second-order valence-corrected chi connectivity index (χ2v) is 3.06. The zero-order valence-corrected chi connectivity index (χ0v) is 8.00. The molecule has 0 aliphatic rings. The first-order valence-corrected chi connectivity index (χ1v) is 4.50. The zero-order valence-electron chi connectivity index (χ0n) is 8.00. The number of nitrogens with zero attached hydrogens (tertiary/aromatic N) is 1. The quantitative estimate of drug-likeness (QED) is 0.730. The van der Waals surface area contributed by atoms with Crippen molar-refractivity contribution in [3.05, 3.63) is 18.2 Å². The molecule has 1 heterocycles. The van der Waals surface area contributed by atoms with Crippen molar-refractivity contribution in [2.24, 2.45) is 5.92 Å². The third-order valence-corrected chi connectivity index (χ3v) is 2.04. The Morgan fingerprint density at radius 3 is 3.08 bits per heavy atom. The van der Waals surface area contributed by atoms with Crippen molar-refractivity contribution in [2.45, 2.75) is 26.8 Å². The van der Waals surface area contributed by atoms with Gasteiger partial charge in [-0.3, -0.25) is 4.79 Å². The van der Waals surface area contributed by atoms with Gasteiger partial charge in [-0.1, -0.05) is 13.8 Å². The number of H-pyrrole nitrogens is 1. The van der Waals surface area contributed by atoms with Gasteiger partial charge < -0.3 is 10.3 Å². The van der Waals surface area contributed by atoms with Crippen LogP contribution in [0.25, 0.3) is 0 Å². The standard InChI is InChI=1S/C9H15N3O/c1-3-7(2)9(13)12-6-8-10-4-5-11-8/h4-5,7H,3,6H2,1-2H3,(H,10,11)(H,12,13). The van der Waals surface area contributed by atoms with Gasteiger partial charge in [0.15, 0.2) is 0 Å². The molecule has 1 aromatic rings. The second kappa shape index (κ2) is 4.64. The summed E-state index contributed by atoms with van der Waals surface area (Å²) in [5, 5.41) is 2.80. The van der Waals surface area contributed by atoms with E-state index < -0.39 is 0 Å². The highest BCUT2D eigenvalue weighted by Gasteiger charge is 2.09. The maximum absolute atomic E-state index is 11.3. The van der Waals surface area contributed by atoms with Crippen LogP contribution >= 0.6 is 0 Å². The summed E-state index contributed by atoms with van der Waals surface area (Å²) in [6, 6.07) is 0. The maximum atomic E-state index is 11.3. The summed E-state index contributed by atoms with van der Waals surface area (Å²) in [7, 11) is 0. The lowest BCUT2D eigenvalue weighted by Crippen LogP contribution is -2.28. The van der Waals surface area contributed by atoms with E-state index in [0.29, 0.717) is 6.54 Å². The maximum Gasteiger partial charge on any atom is 0.223 e. The molecule has 0 aromatic carbocycles. The van der Waals surface area contributed by atoms with Gasteiger partial charge >= 0.3 is 0 Å². The zero-order chi connectivity index (χ0) is 9.68. The fourth-order valence-electron chi connectivity index (χ4n) is 0.925. The molecule has 1 aromatic heterocycles. The molecule has 0 radical (unpaired) electrons. The summed E-state index contributed by atoms with van der Waals surface area (Å²) in [5.74, 6) is 0.950. The van der Waals surface area contributed by atoms with Crippen molar-refractivity contribution >= 4 is 5.91 Å². The van der Waals surface area contributed by atoms with E-state index in [4.69, 9.17) is 0 Å². The van der Waals surface area contributed by atoms with Gasteiger partial charge in [-0.2, -0.15) is 0 Å². The Labute approximate surface area is 77.8 Å². The Morgan fingerprint density at radius 1 is 1.77 bits per heavy atom. The van der Waals surface area contributed by atoms with Crippen LogP contribution in [0.5, 0.6) is 0 Å². The minimum Gasteiger partial charge on any atom is -0.349 e. The fraction of sp³-hybridized carbons (Fsp3) is 0.556. The summed E-state index contributed by atoms with van der Waals surface area (Å²) in [4.78, 5) is 18.2. The van der Waals surface area contributed by atoms with E-state index >= 15 is 0 Å². The van der Waals surface area contributed by atoms with Crippen molar-refractivity contribution in [3.63, 3.8) is 0 Å². The summed E-state index contributed by atoms with van der Waals surface area (Å²) in [6.07, 6.45) is 4.28. The minimum absolute atomic E-state index is 0.0787. The van der Waals surface area contributed by atoms with E-state index in [9.17, 15) is 4.79 Å². The van der Waals surface area contributed by atoms with E-state index in [1.165, 1.54) is 0 Å². The Kier molecular flexibility index (Phi) is 3.49. The molecule has 0 aliphatic carbocycles. The van der Waals surface area contributed by atoms with Crippen molar-refractivity contribution in [3.8, 4) is 0 Å². The molecular formula is C9H15N3O. The topological polar surface area (TPSA) is 57.8 Å². The number of amides is 1. The summed E-state index contributed by atoms with van der Waals surface area (Å²) >= 11 is 0. The Morgan fingerprint density at radius 2 is 2.54 bits per heavy atom. The number of nitrogens with one attached hydrogen (secondary N) is 2. The van der Waals surface area contributed by atoms with Crippen LogP contribution in [0.4, 0.5) is 0 Å². The van der Waals surface area contributed by atoms with Crippen LogP contribution < -0.4 is 5.32 Å². The van der Waals surface area contributed by atoms with Crippen molar-refractivity contribution in [1.29, 1.82) is 0 Å². The molecule has 0 spiro atoms. The molecule has 4 nitrogen and oxygen atoms in total. The first-order valence-electron chi connectivity index (χ1n) is 4.50. The van der Waals surface area contributed by atoms with Gasteiger partial charge in [0.1, 0.15) is 5.82 Å². The number of carbonyl (C=O) groups is 1. The van der Waals surface area contributed by atoms with Crippen LogP contribution in [0.3, 0.4) is 0 Å². The average molecular weight is 181 g/mol. The van der Waals surface area contributed by atoms with Gasteiger partial charge in [-0.25, -0.2) is 4.98 Å². The van der Waals surface area contributed by atoms with Gasteiger partial charge in [0, 0.05) is 18.3 Å². The number of aromatic nitrogens is 2. The molecular weight excluding hydrogens is 166 g/mol. The molecule has 1 atom stereocenters. The fourth-order valence-corrected chi connectivity index (χ4v) is 0.925. The van der Waals surface area contributed by atoms with Crippen LogP contribution in [0.15, 0.2) is 12.4 Å². The number of hydrogen-bond acceptors (Lipinski definition) is 2. The molecule has 1 rings (SSSR count). The minimum atomic E-state index is 0.0787. The van der Waals surface area contributed by atoms with E-state index in [-0.39, 0.29) is 11.8 Å². The van der Waals surface area contributed by atoms with E-state index in [2.05, 4.69) is 15.3 Å². The molecule has 0 bridgehead atoms. The first kappa shape index (κ1) is 9.77. The molecule has 0 saturated heterocycles. The highest BCUT2D eigenvalue weighted by Crippen LogP contribution is 2.00. The van der Waals surface area contributed by atoms with Gasteiger partial charge in [0.25, 0.3) is 0 Å². The molecule has 0 fully saturated rings. The SMILES string of the molecule is CCC(C)C(=O)NCc1ncc[nH]1. The summed E-state index contributed by atoms with van der Waals surface area (Å²) < 4.78 is 0. The highest BCUT2D eigenvalue weighted by atomic mass is 16.1. The average Bonchev–Trinajstić information content (AvgIpc) is 2.65. The van der Waals surface area contributed by atoms with Crippen molar-refractivity contribution in [1.82, 2.24) is 15.3 Å². The number of aromatic amines is 1. The molecule has 0 saturated carbocycles. The molecule has 0 aliphatic heterocycles. The van der Waals surface area contributed by atoms with Crippen LogP contribution in [-0.4, -0.2) is 15.9 Å². The molecule has 2 N–H and O–H groups in total. The van der Waals surface area contributed by atoms with E-state index in [1.807, 2.05) is 13.8 Å². The predicted molar refractivity (Wildman–Crippen MR) is 49.9 cm³/mol. The third-order valence-electron chi connectivity index (χ3n) is 2.04.